The Morgan fingerprint density at radius 3 is 2.14 bits per heavy atom. The molecule has 2 aromatic carbocycles. The average molecular weight is 282 g/mol. The Bertz CT molecular complexity index is 542. The number of hydrogen-bond acceptors (Lipinski definition) is 0. The minimum absolute atomic E-state index is 0.586. The highest BCUT2D eigenvalue weighted by Crippen LogP contribution is 2.20. The van der Waals surface area contributed by atoms with Crippen molar-refractivity contribution in [3.8, 4) is 11.1 Å². The molecule has 3 N–H and O–H groups in total. The third-order valence-electron chi connectivity index (χ3n) is 4.67. The van der Waals surface area contributed by atoms with Gasteiger partial charge in [0.2, 0.25) is 0 Å². The highest BCUT2D eigenvalue weighted by atomic mass is 15.2. The van der Waals surface area contributed by atoms with Crippen LogP contribution in [0.3, 0.4) is 0 Å². The van der Waals surface area contributed by atoms with E-state index in [1.165, 1.54) is 49.2 Å². The Kier molecular flexibility index (Phi) is 4.69. The normalized spacial score (nSPS) is 17.0. The summed E-state index contributed by atoms with van der Waals surface area (Å²) in [6.07, 6.45) is 2.80. The fourth-order valence-corrected chi connectivity index (χ4v) is 3.37. The van der Waals surface area contributed by atoms with E-state index >= 15 is 0 Å². The van der Waals surface area contributed by atoms with Gasteiger partial charge in [-0.15, -0.1) is 0 Å². The fourth-order valence-electron chi connectivity index (χ4n) is 3.37. The second-order valence-corrected chi connectivity index (χ2v) is 6.09. The number of benzene rings is 2. The monoisotopic (exact) mass is 282 g/mol. The topological polar surface area (TPSA) is 21.1 Å². The van der Waals surface area contributed by atoms with Crippen LogP contribution in [0.1, 0.15) is 24.4 Å². The lowest BCUT2D eigenvalue weighted by atomic mass is 10.0. The molecule has 1 aliphatic heterocycles. The van der Waals surface area contributed by atoms with Crippen molar-refractivity contribution in [3.63, 3.8) is 0 Å². The molecule has 0 amide bonds. The van der Waals surface area contributed by atoms with Crippen molar-refractivity contribution in [1.29, 1.82) is 0 Å². The molecule has 0 radical (unpaired) electrons. The molecular formula is C19H26N2+2. The van der Waals surface area contributed by atoms with Crippen LogP contribution in [0.25, 0.3) is 11.1 Å². The Morgan fingerprint density at radius 1 is 0.905 bits per heavy atom. The van der Waals surface area contributed by atoms with Gasteiger partial charge < -0.3 is 10.2 Å². The van der Waals surface area contributed by atoms with Crippen LogP contribution < -0.4 is 10.2 Å². The molecule has 1 aliphatic rings. The highest BCUT2D eigenvalue weighted by molar-refractivity contribution is 5.63. The smallest absolute Gasteiger partial charge is 0.161 e. The summed E-state index contributed by atoms with van der Waals surface area (Å²) in [5, 5.41) is 2.36. The van der Waals surface area contributed by atoms with Gasteiger partial charge in [-0.05, 0) is 11.1 Å². The van der Waals surface area contributed by atoms with E-state index in [9.17, 15) is 0 Å². The molecule has 2 aromatic rings. The van der Waals surface area contributed by atoms with Crippen LogP contribution in [0, 0.1) is 0 Å². The van der Waals surface area contributed by atoms with Gasteiger partial charge in [0.05, 0.1) is 20.1 Å². The number of nitrogens with one attached hydrogen (secondary N) is 1. The molecule has 1 fully saturated rings. The van der Waals surface area contributed by atoms with E-state index in [0.717, 1.165) is 0 Å². The van der Waals surface area contributed by atoms with Crippen molar-refractivity contribution in [3.05, 3.63) is 60.2 Å². The van der Waals surface area contributed by atoms with Crippen molar-refractivity contribution in [1.82, 2.24) is 0 Å². The molecule has 0 bridgehead atoms. The van der Waals surface area contributed by atoms with Crippen LogP contribution in [0.2, 0.25) is 0 Å². The molecule has 2 nitrogen and oxygen atoms in total. The zero-order valence-corrected chi connectivity index (χ0v) is 12.9. The van der Waals surface area contributed by atoms with Crippen LogP contribution >= 0.6 is 0 Å². The lowest BCUT2D eigenvalue weighted by Crippen LogP contribution is -3.12. The highest BCUT2D eigenvalue weighted by Gasteiger charge is 2.23. The Morgan fingerprint density at radius 2 is 1.52 bits per heavy atom. The second-order valence-electron chi connectivity index (χ2n) is 6.09. The van der Waals surface area contributed by atoms with Crippen molar-refractivity contribution >= 4 is 0 Å². The quantitative estimate of drug-likeness (QED) is 0.824. The molecule has 2 heteroatoms. The maximum absolute atomic E-state index is 2.36. The summed E-state index contributed by atoms with van der Waals surface area (Å²) >= 11 is 0. The zero-order chi connectivity index (χ0) is 14.5. The molecule has 0 spiro atoms. The van der Waals surface area contributed by atoms with Crippen LogP contribution in [0.4, 0.5) is 0 Å². The molecule has 110 valence electrons. The molecule has 1 saturated heterocycles. The summed E-state index contributed by atoms with van der Waals surface area (Å²) in [5.74, 6) is 0. The van der Waals surface area contributed by atoms with Gasteiger partial charge in [0.15, 0.2) is 6.04 Å². The first-order chi connectivity index (χ1) is 10.4. The third-order valence-corrected chi connectivity index (χ3v) is 4.67. The Labute approximate surface area is 127 Å². The Balaban J connectivity index is 1.72. The minimum atomic E-state index is 0.586. The largest absolute Gasteiger partial charge is 0.338 e. The molecular weight excluding hydrogens is 256 g/mol. The number of likely N-dealkylation sites (N-methyl/N-ethyl adjacent to an activating group) is 1. The van der Waals surface area contributed by atoms with Crippen molar-refractivity contribution in [2.45, 2.75) is 18.9 Å². The van der Waals surface area contributed by atoms with Gasteiger partial charge in [-0.2, -0.15) is 0 Å². The first kappa shape index (κ1) is 14.3. The summed E-state index contributed by atoms with van der Waals surface area (Å²) in [7, 11) is 2.20. The summed E-state index contributed by atoms with van der Waals surface area (Å²) in [4.78, 5) is 1.77. The van der Waals surface area contributed by atoms with Crippen LogP contribution in [-0.4, -0.2) is 26.7 Å². The van der Waals surface area contributed by atoms with E-state index in [0.29, 0.717) is 6.04 Å². The number of quaternary nitrogens is 2. The maximum Gasteiger partial charge on any atom is 0.161 e. The van der Waals surface area contributed by atoms with Crippen molar-refractivity contribution in [2.24, 2.45) is 0 Å². The maximum atomic E-state index is 2.36. The molecule has 0 unspecified atom stereocenters. The van der Waals surface area contributed by atoms with Gasteiger partial charge >= 0.3 is 0 Å². The third kappa shape index (κ3) is 3.52. The SMILES string of the molecule is C[NH2+][C@@H](C[NH+]1CCCC1)c1ccc(-c2ccccc2)cc1. The summed E-state index contributed by atoms with van der Waals surface area (Å²) in [6.45, 7) is 3.96. The standard InChI is InChI=1S/C19H24N2/c1-20-19(15-21-13-5-6-14-21)18-11-9-17(10-12-18)16-7-3-2-4-8-16/h2-4,7-12,19-20H,5-6,13-15H2,1H3/p+2/t19-/m0/s1. The van der Waals surface area contributed by atoms with Gasteiger partial charge in [-0.25, -0.2) is 0 Å². The first-order valence-corrected chi connectivity index (χ1v) is 8.15. The molecule has 0 saturated carbocycles. The van der Waals surface area contributed by atoms with Crippen LogP contribution in [0.5, 0.6) is 0 Å². The van der Waals surface area contributed by atoms with Gasteiger partial charge in [0.25, 0.3) is 0 Å². The molecule has 3 rings (SSSR count). The number of likely N-dealkylation sites (tertiary alicyclic amines) is 1. The molecule has 0 aromatic heterocycles. The van der Waals surface area contributed by atoms with Crippen LogP contribution in [-0.2, 0) is 0 Å². The van der Waals surface area contributed by atoms with E-state index in [1.54, 1.807) is 4.90 Å². The number of rotatable bonds is 5. The summed E-state index contributed by atoms with van der Waals surface area (Å²) < 4.78 is 0. The van der Waals surface area contributed by atoms with Gasteiger partial charge in [0.1, 0.15) is 6.54 Å². The van der Waals surface area contributed by atoms with E-state index in [1.807, 2.05) is 0 Å². The average Bonchev–Trinajstić information content (AvgIpc) is 3.07. The second kappa shape index (κ2) is 6.88. The van der Waals surface area contributed by atoms with E-state index in [4.69, 9.17) is 0 Å². The van der Waals surface area contributed by atoms with E-state index < -0.39 is 0 Å². The lowest BCUT2D eigenvalue weighted by molar-refractivity contribution is -0.908. The van der Waals surface area contributed by atoms with Crippen molar-refractivity contribution in [2.75, 3.05) is 26.7 Å². The summed E-state index contributed by atoms with van der Waals surface area (Å²) in [6, 6.07) is 20.3. The lowest BCUT2D eigenvalue weighted by Gasteiger charge is -2.18. The van der Waals surface area contributed by atoms with Gasteiger partial charge in [-0.1, -0.05) is 54.6 Å². The molecule has 0 aliphatic carbocycles. The predicted molar refractivity (Wildman–Crippen MR) is 87.3 cm³/mol. The van der Waals surface area contributed by atoms with Gasteiger partial charge in [0, 0.05) is 18.4 Å². The number of hydrogen-bond donors (Lipinski definition) is 2. The van der Waals surface area contributed by atoms with Crippen LogP contribution in [0.15, 0.2) is 54.6 Å². The Hall–Kier alpha value is -1.64. The van der Waals surface area contributed by atoms with Gasteiger partial charge in [-0.3, -0.25) is 0 Å². The minimum Gasteiger partial charge on any atom is -0.338 e. The summed E-state index contributed by atoms with van der Waals surface area (Å²) in [5.41, 5.74) is 4.06. The fraction of sp³-hybridized carbons (Fsp3) is 0.368. The molecule has 1 heterocycles. The zero-order valence-electron chi connectivity index (χ0n) is 12.9. The number of nitrogens with two attached hydrogens (primary N) is 1. The first-order valence-electron chi connectivity index (χ1n) is 8.15. The predicted octanol–water partition coefficient (Wildman–Crippen LogP) is 1.27. The van der Waals surface area contributed by atoms with Crippen molar-refractivity contribution < 1.29 is 10.2 Å². The van der Waals surface area contributed by atoms with E-state index in [2.05, 4.69) is 67.0 Å². The molecule has 21 heavy (non-hydrogen) atoms. The van der Waals surface area contributed by atoms with E-state index in [-0.39, 0.29) is 0 Å². The molecule has 1 atom stereocenters.